The average Bonchev–Trinajstić information content (AvgIpc) is 3.25. The van der Waals surface area contributed by atoms with Gasteiger partial charge < -0.3 is 9.32 Å². The van der Waals surface area contributed by atoms with Gasteiger partial charge in [-0.2, -0.15) is 5.10 Å². The molecule has 0 atom stereocenters. The van der Waals surface area contributed by atoms with E-state index >= 15 is 0 Å². The van der Waals surface area contributed by atoms with Crippen LogP contribution in [0.1, 0.15) is 17.2 Å². The fraction of sp³-hybridized carbons (Fsp3) is 0.182. The summed E-state index contributed by atoms with van der Waals surface area (Å²) in [5.74, 6) is 1.17. The lowest BCUT2D eigenvalue weighted by atomic mass is 9.95. The summed E-state index contributed by atoms with van der Waals surface area (Å²) < 4.78 is 6.14. The summed E-state index contributed by atoms with van der Waals surface area (Å²) in [6, 6.07) is 12.6. The lowest BCUT2D eigenvalue weighted by molar-refractivity contribution is -0.130. The predicted molar refractivity (Wildman–Crippen MR) is 106 cm³/mol. The van der Waals surface area contributed by atoms with Crippen LogP contribution in [0, 0.1) is 6.92 Å². The van der Waals surface area contributed by atoms with Gasteiger partial charge in [-0.3, -0.25) is 9.89 Å². The molecular weight excluding hydrogens is 338 g/mol. The Hall–Kier alpha value is -3.34. The first-order valence-corrected chi connectivity index (χ1v) is 9.02. The smallest absolute Gasteiger partial charge is 0.246 e. The van der Waals surface area contributed by atoms with Crippen LogP contribution in [0.25, 0.3) is 33.0 Å². The number of H-pyrrole nitrogens is 1. The molecule has 0 unspecified atom stereocenters. The Morgan fingerprint density at radius 3 is 2.96 bits per heavy atom. The third-order valence-electron chi connectivity index (χ3n) is 5.43. The number of hydrogen-bond acceptors (Lipinski definition) is 3. The van der Waals surface area contributed by atoms with Gasteiger partial charge in [-0.15, -0.1) is 0 Å². The summed E-state index contributed by atoms with van der Waals surface area (Å²) in [6.45, 7) is 7.02. The van der Waals surface area contributed by atoms with Crippen LogP contribution in [-0.4, -0.2) is 34.1 Å². The minimum Gasteiger partial charge on any atom is -0.461 e. The molecule has 1 aliphatic heterocycles. The van der Waals surface area contributed by atoms with Gasteiger partial charge >= 0.3 is 0 Å². The van der Waals surface area contributed by atoms with E-state index in [2.05, 4.69) is 60.1 Å². The van der Waals surface area contributed by atoms with Crippen molar-refractivity contribution in [1.29, 1.82) is 0 Å². The zero-order valence-corrected chi connectivity index (χ0v) is 15.0. The summed E-state index contributed by atoms with van der Waals surface area (Å²) in [6.07, 6.45) is 3.23. The number of carbonyl (C=O) groups excluding carboxylic acids is 1. The number of aromatic nitrogens is 2. The molecule has 5 heteroatoms. The van der Waals surface area contributed by atoms with E-state index in [9.17, 15) is 4.79 Å². The van der Waals surface area contributed by atoms with Gasteiger partial charge in [0.1, 0.15) is 11.3 Å². The number of rotatable bonds is 3. The number of carbonyl (C=O) groups is 1. The third-order valence-corrected chi connectivity index (χ3v) is 5.43. The van der Waals surface area contributed by atoms with Gasteiger partial charge in [-0.1, -0.05) is 24.8 Å². The molecule has 5 nitrogen and oxygen atoms in total. The van der Waals surface area contributed by atoms with Crippen molar-refractivity contribution in [2.75, 3.05) is 13.1 Å². The van der Waals surface area contributed by atoms with Crippen molar-refractivity contribution in [3.05, 3.63) is 66.6 Å². The molecule has 1 aliphatic rings. The van der Waals surface area contributed by atoms with Gasteiger partial charge in [0, 0.05) is 23.9 Å². The topological polar surface area (TPSA) is 62.1 Å². The minimum atomic E-state index is -0.0201. The summed E-state index contributed by atoms with van der Waals surface area (Å²) >= 11 is 0. The molecule has 0 bridgehead atoms. The van der Waals surface area contributed by atoms with Gasteiger partial charge in [0.25, 0.3) is 0 Å². The molecular formula is C22H19N3O2. The van der Waals surface area contributed by atoms with E-state index < -0.39 is 0 Å². The zero-order valence-electron chi connectivity index (χ0n) is 15.0. The molecule has 134 valence electrons. The number of hydrogen-bond donors (Lipinski definition) is 1. The van der Waals surface area contributed by atoms with Crippen molar-refractivity contribution in [2.45, 2.75) is 12.8 Å². The fourth-order valence-electron chi connectivity index (χ4n) is 3.89. The monoisotopic (exact) mass is 357 g/mol. The van der Waals surface area contributed by atoms with Crippen LogP contribution < -0.4 is 0 Å². The molecule has 5 rings (SSSR count). The second-order valence-corrected chi connectivity index (χ2v) is 7.13. The highest BCUT2D eigenvalue weighted by Gasteiger charge is 2.32. The van der Waals surface area contributed by atoms with E-state index in [0.717, 1.165) is 33.2 Å². The number of fused-ring (bicyclic) bond motifs is 2. The average molecular weight is 357 g/mol. The molecule has 2 aromatic heterocycles. The Bertz CT molecular complexity index is 1190. The maximum Gasteiger partial charge on any atom is 0.246 e. The number of furan rings is 1. The molecule has 27 heavy (non-hydrogen) atoms. The second kappa shape index (κ2) is 5.84. The molecule has 0 aliphatic carbocycles. The molecule has 2 aromatic carbocycles. The van der Waals surface area contributed by atoms with Crippen molar-refractivity contribution >= 4 is 27.8 Å². The first-order valence-electron chi connectivity index (χ1n) is 9.02. The Kier molecular flexibility index (Phi) is 3.44. The number of nitrogens with one attached hydrogen (secondary N) is 1. The maximum absolute atomic E-state index is 11.6. The van der Waals surface area contributed by atoms with Crippen LogP contribution >= 0.6 is 0 Å². The number of nitrogens with zero attached hydrogens (tertiary/aromatic N) is 2. The normalized spacial score (nSPS) is 14.6. The van der Waals surface area contributed by atoms with Crippen molar-refractivity contribution in [1.82, 2.24) is 15.1 Å². The van der Waals surface area contributed by atoms with Gasteiger partial charge in [0.15, 0.2) is 0 Å². The van der Waals surface area contributed by atoms with Crippen LogP contribution in [0.5, 0.6) is 0 Å². The van der Waals surface area contributed by atoms with Crippen molar-refractivity contribution < 1.29 is 9.21 Å². The number of aromatic amines is 1. The van der Waals surface area contributed by atoms with E-state index in [1.807, 2.05) is 6.20 Å². The van der Waals surface area contributed by atoms with E-state index in [0.29, 0.717) is 13.1 Å². The highest BCUT2D eigenvalue weighted by atomic mass is 16.3. The second-order valence-electron chi connectivity index (χ2n) is 7.13. The summed E-state index contributed by atoms with van der Waals surface area (Å²) in [7, 11) is 0. The Labute approximate surface area is 156 Å². The van der Waals surface area contributed by atoms with Crippen molar-refractivity contribution in [3.63, 3.8) is 0 Å². The minimum absolute atomic E-state index is 0.0201. The highest BCUT2D eigenvalue weighted by Crippen LogP contribution is 2.36. The number of likely N-dealkylation sites (tertiary alicyclic amines) is 1. The number of aryl methyl sites for hydroxylation is 1. The van der Waals surface area contributed by atoms with E-state index in [4.69, 9.17) is 4.42 Å². The van der Waals surface area contributed by atoms with Crippen molar-refractivity contribution in [3.8, 4) is 11.1 Å². The Morgan fingerprint density at radius 2 is 2.15 bits per heavy atom. The maximum atomic E-state index is 11.6. The molecule has 1 amide bonds. The molecule has 1 N–H and O–H groups in total. The third kappa shape index (κ3) is 2.46. The molecule has 0 spiro atoms. The molecule has 4 aromatic rings. The van der Waals surface area contributed by atoms with E-state index in [1.54, 1.807) is 4.90 Å². The van der Waals surface area contributed by atoms with Crippen LogP contribution in [0.15, 0.2) is 59.7 Å². The first-order chi connectivity index (χ1) is 13.1. The van der Waals surface area contributed by atoms with Gasteiger partial charge in [-0.05, 0) is 47.9 Å². The lowest BCUT2D eigenvalue weighted by Crippen LogP contribution is -2.47. The molecule has 0 saturated carbocycles. The summed E-state index contributed by atoms with van der Waals surface area (Å²) in [5, 5.41) is 9.40. The molecule has 0 radical (unpaired) electrons. The Morgan fingerprint density at radius 1 is 1.30 bits per heavy atom. The largest absolute Gasteiger partial charge is 0.461 e. The van der Waals surface area contributed by atoms with Crippen molar-refractivity contribution in [2.24, 2.45) is 0 Å². The summed E-state index contributed by atoms with van der Waals surface area (Å²) in [4.78, 5) is 13.4. The summed E-state index contributed by atoms with van der Waals surface area (Å²) in [5.41, 5.74) is 5.39. The predicted octanol–water partition coefficient (Wildman–Crippen LogP) is 4.40. The van der Waals surface area contributed by atoms with Crippen LogP contribution in [0.2, 0.25) is 0 Å². The highest BCUT2D eigenvalue weighted by molar-refractivity contribution is 5.98. The molecule has 1 saturated heterocycles. The lowest BCUT2D eigenvalue weighted by Gasteiger charge is -2.37. The standard InChI is InChI=1S/C22H19N3O2/c1-3-21(26)25-11-16(12-25)20-8-14-5-6-15(9-19(14)27-20)22-13(2)4-7-18-17(22)10-23-24-18/h3-10,16H,1,11-12H2,2H3,(H,23,24). The van der Waals surface area contributed by atoms with E-state index in [1.165, 1.54) is 17.2 Å². The van der Waals surface area contributed by atoms with Crippen LogP contribution in [0.4, 0.5) is 0 Å². The number of amides is 1. The number of benzene rings is 2. The molecule has 1 fully saturated rings. The van der Waals surface area contributed by atoms with Gasteiger partial charge in [0.05, 0.1) is 17.6 Å². The first kappa shape index (κ1) is 15.9. The quantitative estimate of drug-likeness (QED) is 0.553. The molecule has 3 heterocycles. The van der Waals surface area contributed by atoms with Crippen LogP contribution in [0.3, 0.4) is 0 Å². The van der Waals surface area contributed by atoms with Gasteiger partial charge in [0.2, 0.25) is 5.91 Å². The SMILES string of the molecule is C=CC(=O)N1CC(c2cc3ccc(-c4c(C)ccc5[nH]ncc45)cc3o2)C1. The van der Waals surface area contributed by atoms with Crippen LogP contribution in [-0.2, 0) is 4.79 Å². The zero-order chi connectivity index (χ0) is 18.5. The van der Waals surface area contributed by atoms with Gasteiger partial charge in [-0.25, -0.2) is 0 Å². The fourth-order valence-corrected chi connectivity index (χ4v) is 3.89. The Balaban J connectivity index is 1.51. The van der Waals surface area contributed by atoms with E-state index in [-0.39, 0.29) is 11.8 Å².